The van der Waals surface area contributed by atoms with Gasteiger partial charge in [-0.2, -0.15) is 0 Å². The van der Waals surface area contributed by atoms with Gasteiger partial charge >= 0.3 is 0 Å². The average molecular weight is 170 g/mol. The molecule has 2 N–H and O–H groups in total. The highest BCUT2D eigenvalue weighted by atomic mass is 32.1. The van der Waals surface area contributed by atoms with Gasteiger partial charge in [-0.1, -0.05) is 0 Å². The summed E-state index contributed by atoms with van der Waals surface area (Å²) < 4.78 is 0. The Balaban J connectivity index is 2.50. The molecule has 0 saturated carbocycles. The smallest absolute Gasteiger partial charge is 0.146 e. The van der Waals surface area contributed by atoms with Crippen molar-refractivity contribution >= 4 is 17.1 Å². The van der Waals surface area contributed by atoms with E-state index >= 15 is 0 Å². The van der Waals surface area contributed by atoms with E-state index in [-0.39, 0.29) is 5.78 Å². The fraction of sp³-hybridized carbons (Fsp3) is 0.429. The van der Waals surface area contributed by atoms with Crippen LogP contribution in [0, 0.1) is 0 Å². The summed E-state index contributed by atoms with van der Waals surface area (Å²) in [5.41, 5.74) is 8.16. The van der Waals surface area contributed by atoms with Gasteiger partial charge in [0, 0.05) is 11.8 Å². The molecule has 1 heterocycles. The van der Waals surface area contributed by atoms with Crippen molar-refractivity contribution in [3.63, 3.8) is 0 Å². The third kappa shape index (κ3) is 2.40. The molecule has 0 fully saturated rings. The zero-order chi connectivity index (χ0) is 8.27. The minimum Gasteiger partial charge on any atom is -0.321 e. The van der Waals surface area contributed by atoms with E-state index in [4.69, 9.17) is 5.73 Å². The maximum absolute atomic E-state index is 10.7. The number of carbonyl (C=O) groups is 1. The first-order chi connectivity index (χ1) is 5.20. The minimum absolute atomic E-state index is 0.0120. The fourth-order valence-corrected chi connectivity index (χ4v) is 1.28. The molecule has 60 valence electrons. The molecule has 0 aliphatic carbocycles. The Bertz CT molecular complexity index is 233. The van der Waals surface area contributed by atoms with Crippen LogP contribution in [0.3, 0.4) is 0 Å². The van der Waals surface area contributed by atoms with E-state index in [0.717, 1.165) is 5.69 Å². The van der Waals surface area contributed by atoms with Crippen LogP contribution < -0.4 is 5.73 Å². The molecule has 4 heteroatoms. The van der Waals surface area contributed by atoms with Crippen molar-refractivity contribution in [1.29, 1.82) is 0 Å². The standard InChI is InChI=1S/C7H10N2OS/c1-5(10)7(8)2-6-3-11-4-9-6/h3-4,7H,2,8H2,1H3. The molecule has 0 radical (unpaired) electrons. The van der Waals surface area contributed by atoms with E-state index in [1.165, 1.54) is 18.3 Å². The molecular formula is C7H10N2OS. The summed E-state index contributed by atoms with van der Waals surface area (Å²) in [7, 11) is 0. The van der Waals surface area contributed by atoms with Crippen LogP contribution in [0.15, 0.2) is 10.9 Å². The number of nitrogens with zero attached hydrogens (tertiary/aromatic N) is 1. The normalized spacial score (nSPS) is 12.9. The Morgan fingerprint density at radius 2 is 2.64 bits per heavy atom. The molecule has 1 rings (SSSR count). The fourth-order valence-electron chi connectivity index (χ4n) is 0.707. The van der Waals surface area contributed by atoms with Gasteiger partial charge in [0.1, 0.15) is 5.78 Å². The van der Waals surface area contributed by atoms with Gasteiger partial charge in [-0.15, -0.1) is 11.3 Å². The van der Waals surface area contributed by atoms with Crippen molar-refractivity contribution in [1.82, 2.24) is 4.98 Å². The highest BCUT2D eigenvalue weighted by molar-refractivity contribution is 7.07. The molecule has 11 heavy (non-hydrogen) atoms. The Hall–Kier alpha value is -0.740. The average Bonchev–Trinajstić information content (AvgIpc) is 2.39. The number of nitrogens with two attached hydrogens (primary N) is 1. The molecule has 0 spiro atoms. The summed E-state index contributed by atoms with van der Waals surface area (Å²) in [4.78, 5) is 14.7. The predicted molar refractivity (Wildman–Crippen MR) is 44.5 cm³/mol. The SMILES string of the molecule is CC(=O)C(N)Cc1cscn1. The molecule has 1 aromatic rings. The second kappa shape index (κ2) is 3.59. The van der Waals surface area contributed by atoms with Gasteiger partial charge in [-0.25, -0.2) is 4.98 Å². The van der Waals surface area contributed by atoms with Crippen molar-refractivity contribution in [3.05, 3.63) is 16.6 Å². The molecule has 0 aliphatic heterocycles. The van der Waals surface area contributed by atoms with Crippen molar-refractivity contribution in [2.45, 2.75) is 19.4 Å². The van der Waals surface area contributed by atoms with E-state index in [1.807, 2.05) is 5.38 Å². The topological polar surface area (TPSA) is 56.0 Å². The largest absolute Gasteiger partial charge is 0.321 e. The molecule has 0 saturated heterocycles. The Labute approximate surface area is 69.3 Å². The summed E-state index contributed by atoms with van der Waals surface area (Å²) in [6.07, 6.45) is 0.554. The van der Waals surface area contributed by atoms with Gasteiger partial charge in [0.05, 0.1) is 17.2 Å². The van der Waals surface area contributed by atoms with Gasteiger partial charge in [-0.3, -0.25) is 4.79 Å². The molecule has 1 aromatic heterocycles. The number of hydrogen-bond acceptors (Lipinski definition) is 4. The third-order valence-electron chi connectivity index (χ3n) is 1.43. The van der Waals surface area contributed by atoms with Crippen molar-refractivity contribution in [2.24, 2.45) is 5.73 Å². The molecular weight excluding hydrogens is 160 g/mol. The zero-order valence-electron chi connectivity index (χ0n) is 6.28. The van der Waals surface area contributed by atoms with Crippen molar-refractivity contribution in [2.75, 3.05) is 0 Å². The van der Waals surface area contributed by atoms with Crippen molar-refractivity contribution in [3.8, 4) is 0 Å². The van der Waals surface area contributed by atoms with Crippen molar-refractivity contribution < 1.29 is 4.79 Å². The van der Waals surface area contributed by atoms with Crippen LogP contribution in [0.2, 0.25) is 0 Å². The summed E-state index contributed by atoms with van der Waals surface area (Å²) in [5.74, 6) is 0.0120. The number of ketones is 1. The highest BCUT2D eigenvalue weighted by Gasteiger charge is 2.09. The summed E-state index contributed by atoms with van der Waals surface area (Å²) >= 11 is 1.52. The first-order valence-electron chi connectivity index (χ1n) is 3.33. The van der Waals surface area contributed by atoms with Crippen LogP contribution in [0.1, 0.15) is 12.6 Å². The van der Waals surface area contributed by atoms with Crippen LogP contribution in [-0.4, -0.2) is 16.8 Å². The lowest BCUT2D eigenvalue weighted by Crippen LogP contribution is -2.30. The maximum atomic E-state index is 10.7. The number of carbonyl (C=O) groups excluding carboxylic acids is 1. The first-order valence-corrected chi connectivity index (χ1v) is 4.27. The van der Waals surface area contributed by atoms with E-state index in [0.29, 0.717) is 6.42 Å². The third-order valence-corrected chi connectivity index (χ3v) is 2.07. The van der Waals surface area contributed by atoms with Gasteiger partial charge < -0.3 is 5.73 Å². The second-order valence-electron chi connectivity index (χ2n) is 2.40. The number of Topliss-reactive ketones (excluding diaryl/α,β-unsaturated/α-hetero) is 1. The molecule has 1 atom stereocenters. The van der Waals surface area contributed by atoms with Gasteiger partial charge in [0.25, 0.3) is 0 Å². The maximum Gasteiger partial charge on any atom is 0.146 e. The van der Waals surface area contributed by atoms with Gasteiger partial charge in [0.15, 0.2) is 0 Å². The summed E-state index contributed by atoms with van der Waals surface area (Å²) in [6.45, 7) is 1.50. The lowest BCUT2D eigenvalue weighted by atomic mass is 10.1. The first kappa shape index (κ1) is 8.36. The van der Waals surface area contributed by atoms with E-state index < -0.39 is 6.04 Å². The molecule has 1 unspecified atom stereocenters. The quantitative estimate of drug-likeness (QED) is 0.722. The minimum atomic E-state index is -0.392. The Kier molecular flexibility index (Phi) is 2.73. The monoisotopic (exact) mass is 170 g/mol. The van der Waals surface area contributed by atoms with Crippen LogP contribution in [-0.2, 0) is 11.2 Å². The van der Waals surface area contributed by atoms with Crippen LogP contribution in [0.25, 0.3) is 0 Å². The van der Waals surface area contributed by atoms with Crippen LogP contribution >= 0.6 is 11.3 Å². The number of thiazole rings is 1. The molecule has 0 amide bonds. The lowest BCUT2D eigenvalue weighted by molar-refractivity contribution is -0.118. The lowest BCUT2D eigenvalue weighted by Gasteiger charge is -2.03. The van der Waals surface area contributed by atoms with E-state index in [1.54, 1.807) is 5.51 Å². The Morgan fingerprint density at radius 1 is 1.91 bits per heavy atom. The van der Waals surface area contributed by atoms with E-state index in [9.17, 15) is 4.79 Å². The van der Waals surface area contributed by atoms with Crippen LogP contribution in [0.4, 0.5) is 0 Å². The van der Waals surface area contributed by atoms with E-state index in [2.05, 4.69) is 4.98 Å². The summed E-state index contributed by atoms with van der Waals surface area (Å²) in [6, 6.07) is -0.392. The Morgan fingerprint density at radius 3 is 3.09 bits per heavy atom. The van der Waals surface area contributed by atoms with Gasteiger partial charge in [-0.05, 0) is 6.92 Å². The molecule has 3 nitrogen and oxygen atoms in total. The molecule has 0 aromatic carbocycles. The number of hydrogen-bond donors (Lipinski definition) is 1. The number of rotatable bonds is 3. The molecule has 0 aliphatic rings. The second-order valence-corrected chi connectivity index (χ2v) is 3.12. The molecule has 0 bridgehead atoms. The predicted octanol–water partition coefficient (Wildman–Crippen LogP) is 0.602. The number of aromatic nitrogens is 1. The highest BCUT2D eigenvalue weighted by Crippen LogP contribution is 2.03. The van der Waals surface area contributed by atoms with Gasteiger partial charge in [0.2, 0.25) is 0 Å². The van der Waals surface area contributed by atoms with Crippen LogP contribution in [0.5, 0.6) is 0 Å². The summed E-state index contributed by atoms with van der Waals surface area (Å²) in [5, 5.41) is 1.91. The zero-order valence-corrected chi connectivity index (χ0v) is 7.10.